The molecular formula is C13H18ClFN2O3S. The van der Waals surface area contributed by atoms with Crippen LogP contribution in [0.3, 0.4) is 0 Å². The first-order valence-electron chi connectivity index (χ1n) is 6.53. The number of halogens is 2. The minimum atomic E-state index is -4.30. The second kappa shape index (κ2) is 7.20. The molecule has 1 amide bonds. The Kier molecular flexibility index (Phi) is 6.12. The van der Waals surface area contributed by atoms with Crippen LogP contribution in [0.5, 0.6) is 0 Å². The maximum absolute atomic E-state index is 14.2. The maximum atomic E-state index is 14.2. The molecule has 0 aliphatic heterocycles. The van der Waals surface area contributed by atoms with E-state index in [9.17, 15) is 17.6 Å². The molecule has 1 rings (SSSR count). The molecule has 1 atom stereocenters. The van der Waals surface area contributed by atoms with Gasteiger partial charge in [-0.25, -0.2) is 17.9 Å². The first kappa shape index (κ1) is 17.9. The molecule has 1 aromatic carbocycles. The Hall–Kier alpha value is -1.18. The van der Waals surface area contributed by atoms with Crippen LogP contribution in [0.15, 0.2) is 17.0 Å². The fourth-order valence-corrected chi connectivity index (χ4v) is 2.86. The van der Waals surface area contributed by atoms with Gasteiger partial charge in [-0.1, -0.05) is 31.9 Å². The summed E-state index contributed by atoms with van der Waals surface area (Å²) in [6.45, 7) is 3.86. The summed E-state index contributed by atoms with van der Waals surface area (Å²) in [6.07, 6.45) is 2.29. The number of hydrogen-bond acceptors (Lipinski definition) is 3. The van der Waals surface area contributed by atoms with E-state index in [-0.39, 0.29) is 11.1 Å². The van der Waals surface area contributed by atoms with Crippen molar-refractivity contribution in [1.82, 2.24) is 5.32 Å². The van der Waals surface area contributed by atoms with Crippen LogP contribution < -0.4 is 10.5 Å². The quantitative estimate of drug-likeness (QED) is 0.836. The molecule has 0 fully saturated rings. The minimum absolute atomic E-state index is 0.0749. The third-order valence-corrected chi connectivity index (χ3v) is 4.15. The van der Waals surface area contributed by atoms with Gasteiger partial charge in [0.25, 0.3) is 5.91 Å². The number of nitrogens with two attached hydrogens (primary N) is 1. The summed E-state index contributed by atoms with van der Waals surface area (Å²) < 4.78 is 36.8. The van der Waals surface area contributed by atoms with Crippen molar-refractivity contribution in [1.29, 1.82) is 0 Å². The first-order chi connectivity index (χ1) is 9.70. The van der Waals surface area contributed by atoms with Crippen molar-refractivity contribution in [2.24, 2.45) is 5.14 Å². The second-order valence-electron chi connectivity index (χ2n) is 4.68. The van der Waals surface area contributed by atoms with E-state index in [1.807, 2.05) is 13.8 Å². The first-order valence-corrected chi connectivity index (χ1v) is 8.45. The summed E-state index contributed by atoms with van der Waals surface area (Å²) in [7, 11) is -4.30. The van der Waals surface area contributed by atoms with Crippen LogP contribution in [0.1, 0.15) is 43.5 Å². The summed E-state index contributed by atoms with van der Waals surface area (Å²) in [5.41, 5.74) is -0.430. The molecule has 1 aromatic rings. The fraction of sp³-hybridized carbons (Fsp3) is 0.462. The Morgan fingerprint density at radius 3 is 2.52 bits per heavy atom. The van der Waals surface area contributed by atoms with Crippen molar-refractivity contribution >= 4 is 27.5 Å². The highest BCUT2D eigenvalue weighted by atomic mass is 35.5. The molecule has 0 bridgehead atoms. The van der Waals surface area contributed by atoms with Crippen molar-refractivity contribution in [3.8, 4) is 0 Å². The highest BCUT2D eigenvalue weighted by Gasteiger charge is 2.23. The highest BCUT2D eigenvalue weighted by Crippen LogP contribution is 2.23. The number of primary sulfonamides is 1. The molecule has 1 unspecified atom stereocenters. The van der Waals surface area contributed by atoms with Gasteiger partial charge in [-0.05, 0) is 25.0 Å². The van der Waals surface area contributed by atoms with Gasteiger partial charge in [0.15, 0.2) is 5.82 Å². The molecule has 21 heavy (non-hydrogen) atoms. The summed E-state index contributed by atoms with van der Waals surface area (Å²) in [4.78, 5) is 11.3. The Morgan fingerprint density at radius 1 is 1.43 bits per heavy atom. The Balaban J connectivity index is 3.19. The Bertz CT molecular complexity index is 635. The van der Waals surface area contributed by atoms with Gasteiger partial charge in [0, 0.05) is 11.1 Å². The van der Waals surface area contributed by atoms with E-state index in [2.05, 4.69) is 5.32 Å². The fourth-order valence-electron chi connectivity index (χ4n) is 1.93. The van der Waals surface area contributed by atoms with Crippen molar-refractivity contribution in [2.45, 2.75) is 44.0 Å². The average molecular weight is 337 g/mol. The number of nitrogens with one attached hydrogen (secondary N) is 1. The van der Waals surface area contributed by atoms with E-state index in [4.69, 9.17) is 16.7 Å². The normalized spacial score (nSPS) is 13.0. The Labute approximate surface area is 128 Å². The molecule has 0 saturated carbocycles. The zero-order valence-corrected chi connectivity index (χ0v) is 13.4. The van der Waals surface area contributed by atoms with Crippen LogP contribution in [-0.4, -0.2) is 20.4 Å². The van der Waals surface area contributed by atoms with E-state index < -0.39 is 32.2 Å². The molecule has 0 aromatic heterocycles. The summed E-state index contributed by atoms with van der Waals surface area (Å²) in [5.74, 6) is -1.90. The molecule has 5 nitrogen and oxygen atoms in total. The lowest BCUT2D eigenvalue weighted by Gasteiger charge is -2.17. The predicted molar refractivity (Wildman–Crippen MR) is 79.2 cm³/mol. The van der Waals surface area contributed by atoms with E-state index >= 15 is 0 Å². The second-order valence-corrected chi connectivity index (χ2v) is 6.64. The Morgan fingerprint density at radius 2 is 2.05 bits per heavy atom. The molecular weight excluding hydrogens is 319 g/mol. The van der Waals surface area contributed by atoms with Crippen molar-refractivity contribution in [3.05, 3.63) is 28.5 Å². The summed E-state index contributed by atoms with van der Waals surface area (Å²) in [5, 5.41) is 7.50. The van der Waals surface area contributed by atoms with Gasteiger partial charge >= 0.3 is 0 Å². The SMILES string of the molecule is CCCC(CC)NC(=O)c1cc(Cl)cc(S(N)(=O)=O)c1F. The molecule has 0 saturated heterocycles. The smallest absolute Gasteiger partial charge is 0.254 e. The van der Waals surface area contributed by atoms with Crippen LogP contribution >= 0.6 is 11.6 Å². The molecule has 0 heterocycles. The molecule has 3 N–H and O–H groups in total. The van der Waals surface area contributed by atoms with Crippen molar-refractivity contribution in [2.75, 3.05) is 0 Å². The monoisotopic (exact) mass is 336 g/mol. The van der Waals surface area contributed by atoms with Crippen LogP contribution in [0, 0.1) is 5.82 Å². The predicted octanol–water partition coefficient (Wildman–Crippen LogP) is 2.44. The van der Waals surface area contributed by atoms with Crippen molar-refractivity contribution in [3.63, 3.8) is 0 Å². The third-order valence-electron chi connectivity index (χ3n) is 3.02. The number of hydrogen-bond donors (Lipinski definition) is 2. The van der Waals surface area contributed by atoms with Gasteiger partial charge in [0.1, 0.15) is 4.90 Å². The number of amides is 1. The molecule has 0 aliphatic rings. The van der Waals surface area contributed by atoms with E-state index in [1.165, 1.54) is 0 Å². The summed E-state index contributed by atoms with van der Waals surface area (Å²) in [6, 6.07) is 1.85. The number of carbonyl (C=O) groups is 1. The van der Waals surface area contributed by atoms with Gasteiger partial charge in [-0.3, -0.25) is 4.79 Å². The maximum Gasteiger partial charge on any atom is 0.254 e. The van der Waals surface area contributed by atoms with Crippen LogP contribution in [0.2, 0.25) is 5.02 Å². The lowest BCUT2D eigenvalue weighted by Crippen LogP contribution is -2.35. The number of sulfonamides is 1. The van der Waals surface area contributed by atoms with Gasteiger partial charge in [-0.2, -0.15) is 0 Å². The number of carbonyl (C=O) groups excluding carboxylic acids is 1. The van der Waals surface area contributed by atoms with Crippen molar-refractivity contribution < 1.29 is 17.6 Å². The van der Waals surface area contributed by atoms with Crippen LogP contribution in [0.4, 0.5) is 4.39 Å². The largest absolute Gasteiger partial charge is 0.349 e. The van der Waals surface area contributed by atoms with Gasteiger partial charge in [0.2, 0.25) is 10.0 Å². The molecule has 8 heteroatoms. The van der Waals surface area contributed by atoms with Crippen LogP contribution in [0.25, 0.3) is 0 Å². The zero-order valence-electron chi connectivity index (χ0n) is 11.8. The lowest BCUT2D eigenvalue weighted by atomic mass is 10.1. The number of rotatable bonds is 6. The minimum Gasteiger partial charge on any atom is -0.349 e. The van der Waals surface area contributed by atoms with Crippen LogP contribution in [-0.2, 0) is 10.0 Å². The van der Waals surface area contributed by atoms with E-state index in [1.54, 1.807) is 0 Å². The molecule has 118 valence electrons. The van der Waals surface area contributed by atoms with E-state index in [0.717, 1.165) is 25.0 Å². The summed E-state index contributed by atoms with van der Waals surface area (Å²) >= 11 is 5.74. The van der Waals surface area contributed by atoms with Gasteiger partial charge in [-0.15, -0.1) is 0 Å². The molecule has 0 spiro atoms. The molecule has 0 aliphatic carbocycles. The molecule has 0 radical (unpaired) electrons. The zero-order chi connectivity index (χ0) is 16.2. The highest BCUT2D eigenvalue weighted by molar-refractivity contribution is 7.89. The number of benzene rings is 1. The topological polar surface area (TPSA) is 89.3 Å². The van der Waals surface area contributed by atoms with Gasteiger partial charge in [0.05, 0.1) is 5.56 Å². The van der Waals surface area contributed by atoms with Gasteiger partial charge < -0.3 is 5.32 Å². The standard InChI is InChI=1S/C13H18ClFN2O3S/c1-3-5-9(4-2)17-13(18)10-6-8(14)7-11(12(10)15)21(16,19)20/h6-7,9H,3-5H2,1-2H3,(H,17,18)(H2,16,19,20). The van der Waals surface area contributed by atoms with E-state index in [0.29, 0.717) is 6.42 Å². The third kappa shape index (κ3) is 4.66. The average Bonchev–Trinajstić information content (AvgIpc) is 2.39. The lowest BCUT2D eigenvalue weighted by molar-refractivity contribution is 0.0929.